The molecule has 0 radical (unpaired) electrons. The molecule has 108 valence electrons. The summed E-state index contributed by atoms with van der Waals surface area (Å²) < 4.78 is 5.64. The van der Waals surface area contributed by atoms with Crippen molar-refractivity contribution >= 4 is 5.91 Å². The number of β-amino-alcohol motifs (C(OH)–C–C–N with tert-alkyl or cyclic N) is 1. The van der Waals surface area contributed by atoms with Crippen LogP contribution >= 0.6 is 0 Å². The van der Waals surface area contributed by atoms with Crippen LogP contribution in [-0.2, 0) is 5.41 Å². The number of aliphatic hydroxyl groups is 1. The van der Waals surface area contributed by atoms with Crippen molar-refractivity contribution in [3.8, 4) is 5.75 Å². The van der Waals surface area contributed by atoms with E-state index in [2.05, 4.69) is 13.8 Å². The molecule has 1 aromatic rings. The summed E-state index contributed by atoms with van der Waals surface area (Å²) in [6, 6.07) is 5.64. The average Bonchev–Trinajstić information content (AvgIpc) is 2.89. The molecular formula is C16H21NO3. The molecule has 1 fully saturated rings. The zero-order valence-electron chi connectivity index (χ0n) is 12.3. The van der Waals surface area contributed by atoms with Crippen molar-refractivity contribution in [2.75, 3.05) is 19.7 Å². The summed E-state index contributed by atoms with van der Waals surface area (Å²) in [6.45, 7) is 7.69. The maximum atomic E-state index is 12.5. The van der Waals surface area contributed by atoms with E-state index < -0.39 is 5.60 Å². The van der Waals surface area contributed by atoms with Gasteiger partial charge in [0, 0.05) is 29.6 Å². The normalized spacial score (nSPS) is 27.3. The molecule has 0 unspecified atom stereocenters. The molecule has 1 N–H and O–H groups in total. The molecule has 1 amide bonds. The zero-order chi connectivity index (χ0) is 14.5. The molecule has 1 aromatic carbocycles. The van der Waals surface area contributed by atoms with Gasteiger partial charge in [-0.15, -0.1) is 0 Å². The monoisotopic (exact) mass is 275 g/mol. The van der Waals surface area contributed by atoms with Gasteiger partial charge in [0.05, 0.1) is 12.2 Å². The highest BCUT2D eigenvalue weighted by Gasteiger charge is 2.36. The Balaban J connectivity index is 1.87. The fraction of sp³-hybridized carbons (Fsp3) is 0.562. The second-order valence-electron chi connectivity index (χ2n) is 6.86. The van der Waals surface area contributed by atoms with Crippen LogP contribution in [0.4, 0.5) is 0 Å². The highest BCUT2D eigenvalue weighted by molar-refractivity contribution is 5.95. The molecule has 2 aliphatic heterocycles. The number of fused-ring (bicyclic) bond motifs is 1. The first kappa shape index (κ1) is 13.4. The molecule has 4 nitrogen and oxygen atoms in total. The fourth-order valence-corrected chi connectivity index (χ4v) is 2.95. The number of hydrogen-bond donors (Lipinski definition) is 1. The number of hydrogen-bond acceptors (Lipinski definition) is 3. The molecule has 0 saturated carbocycles. The van der Waals surface area contributed by atoms with E-state index in [0.717, 1.165) is 11.3 Å². The van der Waals surface area contributed by atoms with Crippen LogP contribution in [0.3, 0.4) is 0 Å². The van der Waals surface area contributed by atoms with Crippen LogP contribution in [0, 0.1) is 0 Å². The van der Waals surface area contributed by atoms with Gasteiger partial charge in [0.1, 0.15) is 5.75 Å². The summed E-state index contributed by atoms with van der Waals surface area (Å²) >= 11 is 0. The number of carbonyl (C=O) groups is 1. The number of nitrogens with zero attached hydrogens (tertiary/aromatic N) is 1. The van der Waals surface area contributed by atoms with Crippen molar-refractivity contribution < 1.29 is 14.6 Å². The first-order valence-electron chi connectivity index (χ1n) is 7.08. The summed E-state index contributed by atoms with van der Waals surface area (Å²) in [7, 11) is 0. The summed E-state index contributed by atoms with van der Waals surface area (Å²) in [5, 5.41) is 9.98. The van der Waals surface area contributed by atoms with Crippen LogP contribution in [0.5, 0.6) is 5.75 Å². The molecule has 0 aromatic heterocycles. The number of rotatable bonds is 1. The van der Waals surface area contributed by atoms with Gasteiger partial charge >= 0.3 is 0 Å². The predicted octanol–water partition coefficient (Wildman–Crippen LogP) is 1.95. The Morgan fingerprint density at radius 1 is 1.35 bits per heavy atom. The number of carbonyl (C=O) groups excluding carboxylic acids is 1. The van der Waals surface area contributed by atoms with Crippen LogP contribution in [-0.4, -0.2) is 41.2 Å². The van der Waals surface area contributed by atoms with E-state index in [-0.39, 0.29) is 11.3 Å². The second kappa shape index (κ2) is 4.22. The third kappa shape index (κ3) is 2.18. The van der Waals surface area contributed by atoms with Gasteiger partial charge in [-0.25, -0.2) is 0 Å². The molecular weight excluding hydrogens is 254 g/mol. The lowest BCUT2D eigenvalue weighted by molar-refractivity contribution is 0.0572. The molecule has 1 saturated heterocycles. The topological polar surface area (TPSA) is 49.8 Å². The summed E-state index contributed by atoms with van der Waals surface area (Å²) in [4.78, 5) is 14.2. The molecule has 1 atom stereocenters. The zero-order valence-corrected chi connectivity index (χ0v) is 12.3. The Bertz CT molecular complexity index is 563. The largest absolute Gasteiger partial charge is 0.492 e. The number of ether oxygens (including phenoxy) is 1. The molecule has 0 bridgehead atoms. The summed E-state index contributed by atoms with van der Waals surface area (Å²) in [5.41, 5.74) is 0.964. The van der Waals surface area contributed by atoms with E-state index in [1.807, 2.05) is 18.2 Å². The standard InChI is InChI=1S/C16H21NO3/c1-15(2)10-20-13-5-4-11(8-12(13)15)14(18)17-7-6-16(3,19)9-17/h4-5,8,19H,6-7,9-10H2,1-3H3/t16-/m0/s1. The van der Waals surface area contributed by atoms with Crippen molar-refractivity contribution in [1.29, 1.82) is 0 Å². The maximum absolute atomic E-state index is 12.5. The van der Waals surface area contributed by atoms with E-state index in [1.54, 1.807) is 11.8 Å². The van der Waals surface area contributed by atoms with E-state index in [9.17, 15) is 9.90 Å². The molecule has 4 heteroatoms. The third-order valence-electron chi connectivity index (χ3n) is 4.28. The molecule has 20 heavy (non-hydrogen) atoms. The minimum absolute atomic E-state index is 0.00623. The Morgan fingerprint density at radius 2 is 2.10 bits per heavy atom. The van der Waals surface area contributed by atoms with Gasteiger partial charge in [0.25, 0.3) is 5.91 Å². The minimum Gasteiger partial charge on any atom is -0.492 e. The van der Waals surface area contributed by atoms with Crippen LogP contribution in [0.25, 0.3) is 0 Å². The summed E-state index contributed by atoms with van der Waals surface area (Å²) in [5.74, 6) is 0.869. The Morgan fingerprint density at radius 3 is 2.75 bits per heavy atom. The van der Waals surface area contributed by atoms with Gasteiger partial charge in [-0.3, -0.25) is 4.79 Å². The smallest absolute Gasteiger partial charge is 0.253 e. The highest BCUT2D eigenvalue weighted by atomic mass is 16.5. The first-order valence-corrected chi connectivity index (χ1v) is 7.08. The van der Waals surface area contributed by atoms with Crippen molar-refractivity contribution in [3.63, 3.8) is 0 Å². The van der Waals surface area contributed by atoms with Crippen LogP contribution in [0.15, 0.2) is 18.2 Å². The number of likely N-dealkylation sites (tertiary alicyclic amines) is 1. The number of benzene rings is 1. The van der Waals surface area contributed by atoms with E-state index in [1.165, 1.54) is 0 Å². The van der Waals surface area contributed by atoms with E-state index >= 15 is 0 Å². The predicted molar refractivity (Wildman–Crippen MR) is 76.1 cm³/mol. The SMILES string of the molecule is CC1(C)COc2ccc(C(=O)N3CC[C@](C)(O)C3)cc21. The van der Waals surface area contributed by atoms with Gasteiger partial charge in [-0.1, -0.05) is 13.8 Å². The van der Waals surface area contributed by atoms with Crippen LogP contribution in [0.1, 0.15) is 43.1 Å². The Kier molecular flexibility index (Phi) is 2.83. The molecule has 0 aliphatic carbocycles. The van der Waals surface area contributed by atoms with Crippen molar-refractivity contribution in [2.45, 2.75) is 38.2 Å². The molecule has 2 aliphatic rings. The molecule has 0 spiro atoms. The quantitative estimate of drug-likeness (QED) is 0.852. The first-order chi connectivity index (χ1) is 9.28. The molecule has 2 heterocycles. The van der Waals surface area contributed by atoms with Gasteiger partial charge in [-0.05, 0) is 31.5 Å². The maximum Gasteiger partial charge on any atom is 0.253 e. The van der Waals surface area contributed by atoms with Crippen molar-refractivity contribution in [2.24, 2.45) is 0 Å². The highest BCUT2D eigenvalue weighted by Crippen LogP contribution is 2.39. The van der Waals surface area contributed by atoms with Crippen LogP contribution < -0.4 is 4.74 Å². The Labute approximate surface area is 119 Å². The van der Waals surface area contributed by atoms with E-state index in [4.69, 9.17) is 4.74 Å². The fourth-order valence-electron chi connectivity index (χ4n) is 2.95. The van der Waals surface area contributed by atoms with E-state index in [0.29, 0.717) is 31.7 Å². The molecule has 3 rings (SSSR count). The minimum atomic E-state index is -0.755. The lowest BCUT2D eigenvalue weighted by Gasteiger charge is -2.20. The second-order valence-corrected chi connectivity index (χ2v) is 6.86. The van der Waals surface area contributed by atoms with Crippen LogP contribution in [0.2, 0.25) is 0 Å². The van der Waals surface area contributed by atoms with Crippen molar-refractivity contribution in [1.82, 2.24) is 4.90 Å². The van der Waals surface area contributed by atoms with Gasteiger partial charge in [0.2, 0.25) is 0 Å². The summed E-state index contributed by atoms with van der Waals surface area (Å²) in [6.07, 6.45) is 0.637. The van der Waals surface area contributed by atoms with Gasteiger partial charge in [-0.2, -0.15) is 0 Å². The van der Waals surface area contributed by atoms with Gasteiger partial charge in [0.15, 0.2) is 0 Å². The average molecular weight is 275 g/mol. The number of amides is 1. The van der Waals surface area contributed by atoms with Crippen molar-refractivity contribution in [3.05, 3.63) is 29.3 Å². The third-order valence-corrected chi connectivity index (χ3v) is 4.28. The lowest BCUT2D eigenvalue weighted by atomic mass is 9.86. The Hall–Kier alpha value is -1.55. The van der Waals surface area contributed by atoms with Gasteiger partial charge < -0.3 is 14.7 Å². The lowest BCUT2D eigenvalue weighted by Crippen LogP contribution is -2.34.